The number of unbranched alkanes of at least 4 members (excludes halogenated alkanes) is 30. The molecule has 111 heavy (non-hydrogen) atoms. The molecule has 0 radical (unpaired) electrons. The molecule has 1 aromatic heterocycles. The highest BCUT2D eigenvalue weighted by Gasteiger charge is 2.49. The minimum absolute atomic E-state index is 1.32. The van der Waals surface area contributed by atoms with Crippen LogP contribution in [0.25, 0.3) is 0 Å². The van der Waals surface area contributed by atoms with Crippen LogP contribution in [0.1, 0.15) is 219 Å². The van der Waals surface area contributed by atoms with Crippen LogP contribution in [-0.4, -0.2) is 63.3 Å². The van der Waals surface area contributed by atoms with Crippen LogP contribution in [0.4, 0.5) is 132 Å². The molecule has 1 heterocycles. The van der Waals surface area contributed by atoms with Crippen LogP contribution < -0.4 is 26.6 Å². The third kappa shape index (κ3) is 26.0. The molecule has 7 rings (SSSR count). The zero-order valence-electron chi connectivity index (χ0n) is 60.7. The first-order valence-corrected chi connectivity index (χ1v) is 39.8. The lowest BCUT2D eigenvalue weighted by atomic mass is 10.0. The topological polar surface area (TPSA) is 31.9 Å². The van der Waals surface area contributed by atoms with E-state index in [-0.39, 0.29) is 0 Å². The Balaban J connectivity index is 0.000000340. The summed E-state index contributed by atoms with van der Waals surface area (Å²) in [4.78, 5) is 9.01. The smallest absolute Gasteiger partial charge is 0.351 e. The van der Waals surface area contributed by atoms with E-state index in [4.69, 9.17) is 0 Å². The van der Waals surface area contributed by atoms with E-state index < -0.39 is 229 Å². The first-order valence-electron chi connectivity index (χ1n) is 36.3. The molecule has 0 bridgehead atoms. The van der Waals surface area contributed by atoms with Crippen molar-refractivity contribution in [3.63, 3.8) is 0 Å². The Morgan fingerprint density at radius 3 is 0.468 bits per heavy atom. The number of hydrogen-bond donors (Lipinski definition) is 1. The fourth-order valence-electron chi connectivity index (χ4n) is 12.3. The number of nitrogens with zero attached hydrogens (tertiary/aromatic N) is 2. The predicted octanol–water partition coefficient (Wildman–Crippen LogP) is 22.4. The van der Waals surface area contributed by atoms with E-state index in [1.807, 2.05) is 0 Å². The van der Waals surface area contributed by atoms with Crippen LogP contribution in [-0.2, 0) is 0 Å². The monoisotopic (exact) mass is 1660 g/mol. The van der Waals surface area contributed by atoms with E-state index in [2.05, 4.69) is 35.8 Å². The van der Waals surface area contributed by atoms with Crippen molar-refractivity contribution in [1.29, 1.82) is 0 Å². The van der Waals surface area contributed by atoms with Gasteiger partial charge in [-0.15, -0.1) is 0 Å². The van der Waals surface area contributed by atoms with Crippen LogP contribution in [0.5, 0.6) is 0 Å². The average Bonchev–Trinajstić information content (AvgIpc) is 0.833. The molecular formula is C76H81Al2F30N3. The number of rotatable bonds is 40. The molecule has 0 fully saturated rings. The highest BCUT2D eigenvalue weighted by molar-refractivity contribution is 6.96. The predicted molar refractivity (Wildman–Crippen MR) is 362 cm³/mol. The molecule has 6 aromatic carbocycles. The molecule has 616 valence electrons. The third-order valence-corrected chi connectivity index (χ3v) is 24.9. The van der Waals surface area contributed by atoms with Crippen molar-refractivity contribution in [2.24, 2.45) is 0 Å². The summed E-state index contributed by atoms with van der Waals surface area (Å²) in [6.45, 7) is 7.25. The van der Waals surface area contributed by atoms with Crippen molar-refractivity contribution < 1.29 is 132 Å². The number of hydrogen-bond acceptors (Lipinski definition) is 2. The summed E-state index contributed by atoms with van der Waals surface area (Å²) in [6, 6.07) is 0. The third-order valence-electron chi connectivity index (χ3n) is 18.4. The lowest BCUT2D eigenvalue weighted by Crippen LogP contribution is -2.60. The first kappa shape index (κ1) is 96.8. The standard InChI is InChI=1S/C37H77N.6C6F5.C3H4N2.2Al/c1-4-6-8-10-12-14-16-18-20-22-24-26-28-30-32-34-36-38(3)37-35-33-31-29-27-25-23-21-19-17-15-13-11-9-7-5-2;6*7-2-1-3(8)5(10)6(11)4(2)9;1-2-5-3-4-1;;/h4-37H2,1-3H3;;;;;;;1-3H,(H,4,5);;. The van der Waals surface area contributed by atoms with Crippen molar-refractivity contribution in [1.82, 2.24) is 14.9 Å². The van der Waals surface area contributed by atoms with E-state index in [0.29, 0.717) is 0 Å². The maximum atomic E-state index is 14.4. The summed E-state index contributed by atoms with van der Waals surface area (Å²) < 4.78 is 403. The molecule has 0 saturated heterocycles. The molecule has 3 nitrogen and oxygen atoms in total. The van der Waals surface area contributed by atoms with Gasteiger partial charge in [0.15, 0.2) is 175 Å². The van der Waals surface area contributed by atoms with Gasteiger partial charge in [0.05, 0.1) is 6.33 Å². The zero-order valence-corrected chi connectivity index (χ0v) is 63.0. The number of aromatic amines is 1. The van der Waals surface area contributed by atoms with Gasteiger partial charge in [-0.25, -0.2) is 137 Å². The summed E-state index contributed by atoms with van der Waals surface area (Å²) in [6.07, 6.45) is 51.9. The van der Waals surface area contributed by atoms with Crippen molar-refractivity contribution in [2.75, 3.05) is 20.1 Å². The van der Waals surface area contributed by atoms with Crippen LogP contribution in [0.2, 0.25) is 0 Å². The second kappa shape index (κ2) is 48.6. The van der Waals surface area contributed by atoms with Crippen molar-refractivity contribution in [3.05, 3.63) is 193 Å². The largest absolute Gasteiger partial charge is 0.413 e. The van der Waals surface area contributed by atoms with Crippen LogP contribution >= 0.6 is 0 Å². The molecular weight excluding hydrogens is 1580 g/mol. The summed E-state index contributed by atoms with van der Waals surface area (Å²) >= 11 is -11.9. The van der Waals surface area contributed by atoms with Gasteiger partial charge < -0.3 is 9.88 Å². The molecule has 0 atom stereocenters. The van der Waals surface area contributed by atoms with Gasteiger partial charge in [0.1, 0.15) is 0 Å². The summed E-state index contributed by atoms with van der Waals surface area (Å²) in [5.41, 5.74) is 0. The minimum atomic E-state index is -5.96. The molecule has 35 heteroatoms. The van der Waals surface area contributed by atoms with Crippen molar-refractivity contribution >= 4 is 54.8 Å². The zero-order chi connectivity index (χ0) is 83.1. The quantitative estimate of drug-likeness (QED) is 0.0136. The van der Waals surface area contributed by atoms with E-state index >= 15 is 0 Å². The number of imidazole rings is 1. The second-order valence-corrected chi connectivity index (χ2v) is 31.6. The Kier molecular flexibility index (Phi) is 42.4. The summed E-state index contributed by atoms with van der Waals surface area (Å²) in [5.74, 6) is -89.2. The van der Waals surface area contributed by atoms with E-state index in [0.717, 1.165) is 0 Å². The van der Waals surface area contributed by atoms with Gasteiger partial charge in [-0.3, -0.25) is 0 Å². The molecule has 0 amide bonds. The first-order chi connectivity index (χ1) is 52.6. The van der Waals surface area contributed by atoms with E-state index in [1.54, 1.807) is 18.7 Å². The number of halogens is 30. The maximum absolute atomic E-state index is 14.4. The molecule has 0 aliphatic rings. The molecule has 0 aliphatic heterocycles. The van der Waals surface area contributed by atoms with Gasteiger partial charge in [0.2, 0.25) is 0 Å². The molecule has 7 aromatic rings. The summed E-state index contributed by atoms with van der Waals surface area (Å²) in [7, 11) is 2.34. The lowest BCUT2D eigenvalue weighted by Gasteiger charge is -2.20. The Bertz CT molecular complexity index is 3340. The van der Waals surface area contributed by atoms with Crippen molar-refractivity contribution in [2.45, 2.75) is 219 Å². The Morgan fingerprint density at radius 2 is 0.351 bits per heavy atom. The van der Waals surface area contributed by atoms with E-state index in [1.165, 1.54) is 219 Å². The number of aromatic nitrogens is 2. The number of benzene rings is 6. The lowest BCUT2D eigenvalue weighted by molar-refractivity contribution is 0.314. The molecule has 0 saturated carbocycles. The second-order valence-electron chi connectivity index (χ2n) is 26.4. The fourth-order valence-corrected chi connectivity index (χ4v) is 18.6. The average molecular weight is 1660 g/mol. The maximum Gasteiger partial charge on any atom is 0.413 e. The van der Waals surface area contributed by atoms with Gasteiger partial charge >= 0.3 is 28.3 Å². The Hall–Kier alpha value is -6.55. The minimum Gasteiger partial charge on any atom is -0.351 e. The normalized spacial score (nSPS) is 11.3. The molecule has 0 unspecified atom stereocenters. The van der Waals surface area contributed by atoms with Gasteiger partial charge in [-0.1, -0.05) is 206 Å². The van der Waals surface area contributed by atoms with Crippen molar-refractivity contribution in [3.8, 4) is 0 Å². The highest BCUT2D eigenvalue weighted by atomic mass is 27.2. The molecule has 0 spiro atoms. The number of nitrogens with one attached hydrogen (secondary N) is 1. The van der Waals surface area contributed by atoms with Crippen LogP contribution in [0.15, 0.2) is 18.7 Å². The van der Waals surface area contributed by atoms with Gasteiger partial charge in [0.25, 0.3) is 0 Å². The van der Waals surface area contributed by atoms with E-state index in [9.17, 15) is 132 Å². The van der Waals surface area contributed by atoms with Gasteiger partial charge in [0, 0.05) is 12.4 Å². The van der Waals surface area contributed by atoms with Crippen LogP contribution in [0.3, 0.4) is 0 Å². The molecule has 0 aliphatic carbocycles. The Labute approximate surface area is 631 Å². The number of H-pyrrole nitrogens is 1. The fraction of sp³-hybridized carbons (Fsp3) is 0.487. The van der Waals surface area contributed by atoms with Gasteiger partial charge in [-0.2, -0.15) is 0 Å². The van der Waals surface area contributed by atoms with Crippen LogP contribution in [0, 0.1) is 175 Å². The van der Waals surface area contributed by atoms with Gasteiger partial charge in [-0.05, 0) is 59.5 Å². The Morgan fingerprint density at radius 1 is 0.216 bits per heavy atom. The highest BCUT2D eigenvalue weighted by Crippen LogP contribution is 2.28. The SMILES string of the molecule is CCCCCCCCCCCCCCCCCCN(C)CCCCCCCCCCCCCCCCCC.Fc1c(F)c(F)[c]([Al]([c]2c(F)c(F)c(F)c(F)c2F)[c]2c(F)c(F)c(F)c(F)c2F)c(F)c1F.Fc1c(F)c(F)[c]([Al]([c]2c(F)c(F)c(F)c(F)c2F)[c]2c(F)c(F)c(F)c(F)c2F)c(F)c1F.c1c[nH]cn1. The summed E-state index contributed by atoms with van der Waals surface area (Å²) in [5, 5.41) is 0. The molecule has 1 N–H and O–H groups in total.